The first-order chi connectivity index (χ1) is 15.0. The van der Waals surface area contributed by atoms with Crippen molar-refractivity contribution < 1.29 is 0 Å². The van der Waals surface area contributed by atoms with Crippen LogP contribution in [0.1, 0.15) is 24.6 Å². The van der Waals surface area contributed by atoms with Crippen molar-refractivity contribution in [1.82, 2.24) is 14.9 Å². The fraction of sp³-hybridized carbons (Fsp3) is 0.160. The van der Waals surface area contributed by atoms with Gasteiger partial charge in [0.05, 0.1) is 11.4 Å². The van der Waals surface area contributed by atoms with Gasteiger partial charge in [0.25, 0.3) is 5.56 Å². The van der Waals surface area contributed by atoms with Crippen LogP contribution in [0.4, 0.5) is 0 Å². The van der Waals surface area contributed by atoms with Crippen molar-refractivity contribution >= 4 is 33.9 Å². The fourth-order valence-electron chi connectivity index (χ4n) is 3.66. The summed E-state index contributed by atoms with van der Waals surface area (Å²) in [6.45, 7) is 2.11. The Balaban J connectivity index is 2.00. The summed E-state index contributed by atoms with van der Waals surface area (Å²) in [5.74, 6) is 0. The first kappa shape index (κ1) is 20.8. The number of aromatic nitrogens is 2. The molecule has 0 saturated carbocycles. The third-order valence-electron chi connectivity index (χ3n) is 5.16. The smallest absolute Gasteiger partial charge is 0.264 e. The Labute approximate surface area is 185 Å². The summed E-state index contributed by atoms with van der Waals surface area (Å²) in [6, 6.07) is 13.1. The van der Waals surface area contributed by atoms with Crippen LogP contribution in [0.15, 0.2) is 77.3 Å². The molecule has 5 nitrogen and oxygen atoms in total. The molecule has 3 aromatic rings. The van der Waals surface area contributed by atoms with Crippen LogP contribution >= 0.6 is 11.6 Å². The number of hydrogen-bond donors (Lipinski definition) is 2. The van der Waals surface area contributed by atoms with Gasteiger partial charge in [-0.05, 0) is 66.6 Å². The topological polar surface area (TPSA) is 70.8 Å². The van der Waals surface area contributed by atoms with Crippen LogP contribution in [0.3, 0.4) is 0 Å². The van der Waals surface area contributed by atoms with E-state index >= 15 is 0 Å². The molecule has 2 N–H and O–H groups in total. The first-order valence-electron chi connectivity index (χ1n) is 10.2. The third-order valence-corrected chi connectivity index (χ3v) is 5.41. The first-order valence-corrected chi connectivity index (χ1v) is 10.6. The molecule has 0 unspecified atom stereocenters. The van der Waals surface area contributed by atoms with Gasteiger partial charge in [0.1, 0.15) is 5.65 Å². The largest absolute Gasteiger partial charge is 0.393 e. The number of nitrogens with one attached hydrogen (secondary N) is 2. The van der Waals surface area contributed by atoms with E-state index in [2.05, 4.69) is 12.2 Å². The number of halogens is 1. The summed E-state index contributed by atoms with van der Waals surface area (Å²) >= 11 is 6.08. The zero-order chi connectivity index (χ0) is 22.0. The Hall–Kier alpha value is -3.44. The summed E-state index contributed by atoms with van der Waals surface area (Å²) in [5.41, 5.74) is 4.54. The van der Waals surface area contributed by atoms with E-state index in [1.54, 1.807) is 36.0 Å². The van der Waals surface area contributed by atoms with Crippen LogP contribution in [0.2, 0.25) is 5.02 Å². The van der Waals surface area contributed by atoms with Gasteiger partial charge >= 0.3 is 0 Å². The van der Waals surface area contributed by atoms with Gasteiger partial charge in [0.15, 0.2) is 0 Å². The minimum atomic E-state index is -0.163. The number of aryl methyl sites for hydroxylation is 1. The predicted octanol–water partition coefficient (Wildman–Crippen LogP) is 5.07. The molecular formula is C25H23ClN4O. The van der Waals surface area contributed by atoms with Crippen molar-refractivity contribution in [3.63, 3.8) is 0 Å². The Morgan fingerprint density at radius 1 is 1.16 bits per heavy atom. The van der Waals surface area contributed by atoms with E-state index in [9.17, 15) is 4.79 Å². The standard InChI is InChI=1S/C25H23ClN4O/c1-3-4-20-9-5-17-14-22(16-6-12-23(27)18(13-16)15-28-2)25(31)30(24(17)29-20)21-10-7-19(26)8-11-21/h5-15,27-28H,3-4H2,1-2H3/b18-15-,27-23?. The van der Waals surface area contributed by atoms with Crippen LogP contribution in [0.25, 0.3) is 22.3 Å². The molecule has 0 fully saturated rings. The second-order valence-electron chi connectivity index (χ2n) is 7.38. The summed E-state index contributed by atoms with van der Waals surface area (Å²) in [4.78, 5) is 18.5. The lowest BCUT2D eigenvalue weighted by Gasteiger charge is -2.16. The minimum Gasteiger partial charge on any atom is -0.393 e. The van der Waals surface area contributed by atoms with Crippen LogP contribution in [-0.4, -0.2) is 22.3 Å². The van der Waals surface area contributed by atoms with Gasteiger partial charge in [0.2, 0.25) is 0 Å². The molecule has 1 aromatic carbocycles. The molecule has 0 atom stereocenters. The molecule has 0 radical (unpaired) electrons. The summed E-state index contributed by atoms with van der Waals surface area (Å²) in [7, 11) is 1.79. The van der Waals surface area contributed by atoms with Gasteiger partial charge in [-0.3, -0.25) is 9.36 Å². The molecule has 2 aromatic heterocycles. The lowest BCUT2D eigenvalue weighted by Crippen LogP contribution is -2.23. The van der Waals surface area contributed by atoms with E-state index in [1.165, 1.54) is 0 Å². The van der Waals surface area contributed by atoms with Gasteiger partial charge in [0, 0.05) is 40.5 Å². The van der Waals surface area contributed by atoms with E-state index in [0.717, 1.165) is 29.5 Å². The predicted molar refractivity (Wildman–Crippen MR) is 128 cm³/mol. The molecule has 0 saturated heterocycles. The van der Waals surface area contributed by atoms with Crippen LogP contribution in [0.5, 0.6) is 0 Å². The lowest BCUT2D eigenvalue weighted by molar-refractivity contribution is 0.879. The normalized spacial score (nSPS) is 14.9. The van der Waals surface area contributed by atoms with E-state index in [-0.39, 0.29) is 5.56 Å². The zero-order valence-electron chi connectivity index (χ0n) is 17.4. The Kier molecular flexibility index (Phi) is 5.87. The van der Waals surface area contributed by atoms with Crippen LogP contribution in [0, 0.1) is 5.41 Å². The monoisotopic (exact) mass is 430 g/mol. The van der Waals surface area contributed by atoms with Crippen molar-refractivity contribution in [1.29, 1.82) is 5.41 Å². The molecule has 0 spiro atoms. The molecule has 0 bridgehead atoms. The highest BCUT2D eigenvalue weighted by Crippen LogP contribution is 2.25. The molecule has 4 rings (SSSR count). The number of pyridine rings is 2. The quantitative estimate of drug-likeness (QED) is 0.593. The number of nitrogens with zero attached hydrogens (tertiary/aromatic N) is 2. The molecular weight excluding hydrogens is 408 g/mol. The number of benzene rings is 1. The molecule has 1 aliphatic rings. The second kappa shape index (κ2) is 8.74. The van der Waals surface area contributed by atoms with Crippen LogP contribution in [-0.2, 0) is 6.42 Å². The van der Waals surface area contributed by atoms with Gasteiger partial charge in [-0.1, -0.05) is 31.0 Å². The van der Waals surface area contributed by atoms with E-state index in [0.29, 0.717) is 33.2 Å². The maximum absolute atomic E-state index is 13.7. The Morgan fingerprint density at radius 2 is 1.94 bits per heavy atom. The highest BCUT2D eigenvalue weighted by Gasteiger charge is 2.17. The van der Waals surface area contributed by atoms with E-state index in [1.807, 2.05) is 42.5 Å². The fourth-order valence-corrected chi connectivity index (χ4v) is 3.79. The highest BCUT2D eigenvalue weighted by atomic mass is 35.5. The molecule has 31 heavy (non-hydrogen) atoms. The van der Waals surface area contributed by atoms with Gasteiger partial charge in [-0.25, -0.2) is 4.98 Å². The molecule has 156 valence electrons. The van der Waals surface area contributed by atoms with Gasteiger partial charge in [-0.2, -0.15) is 0 Å². The number of allylic oxidation sites excluding steroid dienone is 5. The molecule has 0 aliphatic heterocycles. The van der Waals surface area contributed by atoms with Crippen molar-refractivity contribution in [2.24, 2.45) is 0 Å². The maximum atomic E-state index is 13.7. The zero-order valence-corrected chi connectivity index (χ0v) is 18.2. The number of hydrogen-bond acceptors (Lipinski definition) is 4. The number of rotatable bonds is 5. The summed E-state index contributed by atoms with van der Waals surface area (Å²) < 4.78 is 1.65. The Bertz CT molecular complexity index is 1310. The summed E-state index contributed by atoms with van der Waals surface area (Å²) in [6.07, 6.45) is 8.95. The van der Waals surface area contributed by atoms with E-state index < -0.39 is 0 Å². The van der Waals surface area contributed by atoms with Gasteiger partial charge in [-0.15, -0.1) is 0 Å². The van der Waals surface area contributed by atoms with Gasteiger partial charge < -0.3 is 10.7 Å². The Morgan fingerprint density at radius 3 is 2.65 bits per heavy atom. The van der Waals surface area contributed by atoms with Crippen LogP contribution < -0.4 is 10.9 Å². The van der Waals surface area contributed by atoms with Crippen molar-refractivity contribution in [2.45, 2.75) is 19.8 Å². The summed E-state index contributed by atoms with van der Waals surface area (Å²) in [5, 5.41) is 12.5. The van der Waals surface area contributed by atoms with Crippen molar-refractivity contribution in [2.75, 3.05) is 7.05 Å². The maximum Gasteiger partial charge on any atom is 0.264 e. The lowest BCUT2D eigenvalue weighted by atomic mass is 9.95. The SMILES string of the molecule is CCCc1ccc2cc(C3=C/C(=C/NC)C(=N)C=C3)c(=O)n(-c3ccc(Cl)cc3)c2n1. The average molecular weight is 431 g/mol. The minimum absolute atomic E-state index is 0.163. The molecule has 1 aliphatic carbocycles. The van der Waals surface area contributed by atoms with E-state index in [4.69, 9.17) is 22.0 Å². The number of fused-ring (bicyclic) bond motifs is 1. The van der Waals surface area contributed by atoms with Crippen molar-refractivity contribution in [3.05, 3.63) is 99.1 Å². The van der Waals surface area contributed by atoms with Crippen molar-refractivity contribution in [3.8, 4) is 5.69 Å². The molecule has 2 heterocycles. The second-order valence-corrected chi connectivity index (χ2v) is 7.81. The molecule has 0 amide bonds. The third kappa shape index (κ3) is 4.09. The highest BCUT2D eigenvalue weighted by molar-refractivity contribution is 6.30. The average Bonchev–Trinajstić information content (AvgIpc) is 2.76. The molecule has 6 heteroatoms.